The second kappa shape index (κ2) is 7.79. The molecule has 1 aromatic heterocycles. The summed E-state index contributed by atoms with van der Waals surface area (Å²) < 4.78 is 35.9. The Hall–Kier alpha value is -1.61. The molecule has 2 aromatic rings. The van der Waals surface area contributed by atoms with Crippen LogP contribution in [0.15, 0.2) is 22.8 Å². The molecular weight excluding hydrogens is 368 g/mol. The van der Waals surface area contributed by atoms with Crippen LogP contribution in [0, 0.1) is 6.92 Å². The Balaban J connectivity index is 1.96. The highest BCUT2D eigenvalue weighted by atomic mass is 32.2. The smallest absolute Gasteiger partial charge is 0.211 e. The van der Waals surface area contributed by atoms with Gasteiger partial charge in [-0.1, -0.05) is 0 Å². The highest BCUT2D eigenvalue weighted by Crippen LogP contribution is 2.37. The Kier molecular flexibility index (Phi) is 5.81. The van der Waals surface area contributed by atoms with E-state index in [1.54, 1.807) is 10.6 Å². The van der Waals surface area contributed by atoms with Gasteiger partial charge in [0.15, 0.2) is 6.29 Å². The fraction of sp³-hybridized carbons (Fsp3) is 0.579. The van der Waals surface area contributed by atoms with E-state index in [9.17, 15) is 13.5 Å². The maximum absolute atomic E-state index is 11.8. The van der Waals surface area contributed by atoms with Crippen LogP contribution in [0.2, 0.25) is 0 Å². The molecule has 1 N–H and O–H groups in total. The Bertz CT molecular complexity index is 900. The Labute approximate surface area is 160 Å². The number of hydrogen-bond donors (Lipinski definition) is 1. The zero-order chi connectivity index (χ0) is 19.8. The number of sulfonamides is 1. The number of methoxy groups -OCH3 is 1. The van der Waals surface area contributed by atoms with E-state index in [0.29, 0.717) is 24.2 Å². The molecule has 8 heteroatoms. The van der Waals surface area contributed by atoms with Crippen LogP contribution >= 0.6 is 0 Å². The molecule has 27 heavy (non-hydrogen) atoms. The average molecular weight is 397 g/mol. The number of rotatable bonds is 6. The zero-order valence-electron chi connectivity index (χ0n) is 16.3. The first-order valence-corrected chi connectivity index (χ1v) is 11.1. The van der Waals surface area contributed by atoms with E-state index < -0.39 is 16.3 Å². The summed E-state index contributed by atoms with van der Waals surface area (Å²) in [5.74, 6) is 0. The van der Waals surface area contributed by atoms with Gasteiger partial charge in [-0.25, -0.2) is 12.7 Å². The van der Waals surface area contributed by atoms with E-state index in [1.165, 1.54) is 13.4 Å². The molecule has 1 saturated heterocycles. The largest absolute Gasteiger partial charge is 0.464 e. The lowest BCUT2D eigenvalue weighted by Crippen LogP contribution is -2.46. The van der Waals surface area contributed by atoms with Crippen LogP contribution in [-0.2, 0) is 14.8 Å². The van der Waals surface area contributed by atoms with Gasteiger partial charge in [0.1, 0.15) is 5.58 Å². The summed E-state index contributed by atoms with van der Waals surface area (Å²) >= 11 is 0. The molecule has 1 aliphatic heterocycles. The summed E-state index contributed by atoms with van der Waals surface area (Å²) in [4.78, 5) is 2.28. The van der Waals surface area contributed by atoms with E-state index in [2.05, 4.69) is 11.8 Å². The molecule has 1 atom stereocenters. The number of hydrogen-bond acceptors (Lipinski definition) is 6. The van der Waals surface area contributed by atoms with Gasteiger partial charge in [-0.3, -0.25) is 0 Å². The number of aliphatic hydroxyl groups excluding tert-OH is 1. The predicted molar refractivity (Wildman–Crippen MR) is 105 cm³/mol. The summed E-state index contributed by atoms with van der Waals surface area (Å²) in [5.41, 5.74) is 3.36. The van der Waals surface area contributed by atoms with Gasteiger partial charge in [0, 0.05) is 55.5 Å². The number of furan rings is 1. The summed E-state index contributed by atoms with van der Waals surface area (Å²) in [6.45, 7) is 5.89. The normalized spacial score (nSPS) is 18.1. The first kappa shape index (κ1) is 20.1. The van der Waals surface area contributed by atoms with Crippen molar-refractivity contribution in [2.75, 3.05) is 37.9 Å². The molecule has 0 aliphatic carbocycles. The van der Waals surface area contributed by atoms with Gasteiger partial charge in [0.2, 0.25) is 10.0 Å². The number of fused-ring (bicyclic) bond motifs is 1. The van der Waals surface area contributed by atoms with Gasteiger partial charge in [-0.15, -0.1) is 0 Å². The quantitative estimate of drug-likeness (QED) is 0.756. The highest BCUT2D eigenvalue weighted by molar-refractivity contribution is 7.88. The van der Waals surface area contributed by atoms with Gasteiger partial charge in [-0.2, -0.15) is 0 Å². The zero-order valence-corrected chi connectivity index (χ0v) is 17.1. The predicted octanol–water partition coefficient (Wildman–Crippen LogP) is 2.63. The van der Waals surface area contributed by atoms with Crippen molar-refractivity contribution >= 4 is 26.7 Å². The minimum atomic E-state index is -3.15. The molecule has 0 bridgehead atoms. The lowest BCUT2D eigenvalue weighted by atomic mass is 9.98. The summed E-state index contributed by atoms with van der Waals surface area (Å²) in [5, 5.41) is 11.2. The third-order valence-electron chi connectivity index (χ3n) is 5.49. The van der Waals surface area contributed by atoms with Crippen molar-refractivity contribution in [3.8, 4) is 0 Å². The van der Waals surface area contributed by atoms with Crippen LogP contribution in [0.3, 0.4) is 0 Å². The van der Waals surface area contributed by atoms with Crippen molar-refractivity contribution in [2.24, 2.45) is 0 Å². The van der Waals surface area contributed by atoms with E-state index in [1.807, 2.05) is 19.1 Å². The van der Waals surface area contributed by atoms with Gasteiger partial charge in [-0.05, 0) is 38.3 Å². The number of nitrogens with zero attached hydrogens (tertiary/aromatic N) is 2. The molecule has 150 valence electrons. The molecule has 0 saturated carbocycles. The van der Waals surface area contributed by atoms with Crippen molar-refractivity contribution in [3.63, 3.8) is 0 Å². The van der Waals surface area contributed by atoms with Gasteiger partial charge < -0.3 is 19.2 Å². The van der Waals surface area contributed by atoms with Crippen LogP contribution < -0.4 is 4.90 Å². The number of anilines is 1. The molecule has 0 amide bonds. The fourth-order valence-electron chi connectivity index (χ4n) is 4.07. The number of piperidine rings is 1. The molecule has 7 nitrogen and oxygen atoms in total. The van der Waals surface area contributed by atoms with E-state index in [-0.39, 0.29) is 6.04 Å². The molecule has 1 aliphatic rings. The second-order valence-electron chi connectivity index (χ2n) is 7.03. The lowest BCUT2D eigenvalue weighted by molar-refractivity contribution is -0.0762. The summed E-state index contributed by atoms with van der Waals surface area (Å²) in [6.07, 6.45) is 3.37. The monoisotopic (exact) mass is 396 g/mol. The number of aliphatic hydroxyl groups is 1. The Morgan fingerprint density at radius 2 is 2.07 bits per heavy atom. The number of benzene rings is 1. The van der Waals surface area contributed by atoms with Crippen molar-refractivity contribution in [1.82, 2.24) is 4.31 Å². The molecular formula is C19H28N2O5S. The van der Waals surface area contributed by atoms with E-state index in [4.69, 9.17) is 9.15 Å². The Morgan fingerprint density at radius 3 is 2.63 bits per heavy atom. The minimum Gasteiger partial charge on any atom is -0.464 e. The van der Waals surface area contributed by atoms with Gasteiger partial charge >= 0.3 is 0 Å². The molecule has 3 rings (SSSR count). The average Bonchev–Trinajstić information content (AvgIpc) is 3.10. The van der Waals surface area contributed by atoms with Crippen molar-refractivity contribution in [1.29, 1.82) is 0 Å². The van der Waals surface area contributed by atoms with Gasteiger partial charge in [0.25, 0.3) is 0 Å². The third-order valence-corrected chi connectivity index (χ3v) is 6.80. The van der Waals surface area contributed by atoms with Crippen molar-refractivity contribution < 1.29 is 22.7 Å². The van der Waals surface area contributed by atoms with Crippen molar-refractivity contribution in [3.05, 3.63) is 29.5 Å². The highest BCUT2D eigenvalue weighted by Gasteiger charge is 2.30. The van der Waals surface area contributed by atoms with Crippen LogP contribution in [0.25, 0.3) is 11.0 Å². The maximum atomic E-state index is 11.8. The Morgan fingerprint density at radius 1 is 1.41 bits per heavy atom. The van der Waals surface area contributed by atoms with Gasteiger partial charge in [0.05, 0.1) is 12.5 Å². The SMILES string of the molecule is CCN(c1cc2occc2c(C(O)OC)c1C)C1CCN(S(C)(=O)=O)CC1. The minimum absolute atomic E-state index is 0.228. The molecule has 0 radical (unpaired) electrons. The van der Waals surface area contributed by atoms with Crippen molar-refractivity contribution in [2.45, 2.75) is 39.0 Å². The summed E-state index contributed by atoms with van der Waals surface area (Å²) in [7, 11) is -1.67. The topological polar surface area (TPSA) is 83.2 Å². The first-order valence-electron chi connectivity index (χ1n) is 9.21. The standard InChI is InChI=1S/C19H28N2O5S/c1-5-21(14-6-9-20(10-7-14)27(4,23)24)16-12-17-15(8-11-26-17)18(13(16)2)19(22)25-3/h8,11-12,14,19,22H,5-7,9-10H2,1-4H3. The second-order valence-corrected chi connectivity index (χ2v) is 9.02. The molecule has 1 fully saturated rings. The van der Waals surface area contributed by atoms with Crippen LogP contribution in [0.4, 0.5) is 5.69 Å². The fourth-order valence-corrected chi connectivity index (χ4v) is 4.95. The third kappa shape index (κ3) is 3.85. The maximum Gasteiger partial charge on any atom is 0.211 e. The first-order chi connectivity index (χ1) is 12.8. The van der Waals surface area contributed by atoms with E-state index in [0.717, 1.165) is 36.0 Å². The summed E-state index contributed by atoms with van der Waals surface area (Å²) in [6, 6.07) is 4.07. The molecule has 1 unspecified atom stereocenters. The van der Waals surface area contributed by atoms with Crippen LogP contribution in [-0.4, -0.2) is 56.9 Å². The van der Waals surface area contributed by atoms with Crippen LogP contribution in [0.5, 0.6) is 0 Å². The van der Waals surface area contributed by atoms with Crippen LogP contribution in [0.1, 0.15) is 37.2 Å². The molecule has 0 spiro atoms. The molecule has 2 heterocycles. The number of ether oxygens (including phenoxy) is 1. The van der Waals surface area contributed by atoms with E-state index >= 15 is 0 Å². The lowest BCUT2D eigenvalue weighted by Gasteiger charge is -2.39. The molecule has 1 aromatic carbocycles.